The number of nitrogens with zero attached hydrogens (tertiary/aromatic N) is 1. The zero-order valence-electron chi connectivity index (χ0n) is 11.1. The smallest absolute Gasteiger partial charge is 0.150 e. The molecule has 0 bridgehead atoms. The minimum atomic E-state index is -0.235. The summed E-state index contributed by atoms with van der Waals surface area (Å²) in [6.45, 7) is 1.97. The third kappa shape index (κ3) is 2.23. The molecule has 3 rings (SSSR count). The van der Waals surface area contributed by atoms with Crippen molar-refractivity contribution >= 4 is 17.1 Å². The Kier molecular flexibility index (Phi) is 3.23. The Bertz CT molecular complexity index is 584. The Morgan fingerprint density at radius 3 is 2.58 bits per heavy atom. The fourth-order valence-electron chi connectivity index (χ4n) is 2.81. The maximum absolute atomic E-state index is 12.7. The number of carbonyl (C=O) groups excluding carboxylic acids is 1. The van der Waals surface area contributed by atoms with Crippen LogP contribution in [0.15, 0.2) is 35.7 Å². The van der Waals surface area contributed by atoms with E-state index in [1.165, 1.54) is 5.56 Å². The van der Waals surface area contributed by atoms with Crippen molar-refractivity contribution in [2.75, 3.05) is 0 Å². The van der Waals surface area contributed by atoms with Gasteiger partial charge in [-0.3, -0.25) is 4.79 Å². The summed E-state index contributed by atoms with van der Waals surface area (Å²) in [6, 6.07) is 10.2. The highest BCUT2D eigenvalue weighted by atomic mass is 32.1. The molecule has 98 valence electrons. The molecule has 1 heterocycles. The minimum Gasteiger partial charge on any atom is -0.298 e. The molecule has 0 unspecified atom stereocenters. The number of benzene rings is 1. The summed E-state index contributed by atoms with van der Waals surface area (Å²) in [6.07, 6.45) is 3.60. The Morgan fingerprint density at radius 2 is 2.05 bits per heavy atom. The predicted molar refractivity (Wildman–Crippen MR) is 77.5 cm³/mol. The van der Waals surface area contributed by atoms with Crippen molar-refractivity contribution in [3.63, 3.8) is 0 Å². The Morgan fingerprint density at radius 1 is 1.32 bits per heavy atom. The van der Waals surface area contributed by atoms with Crippen molar-refractivity contribution in [3.05, 3.63) is 52.0 Å². The summed E-state index contributed by atoms with van der Waals surface area (Å²) in [4.78, 5) is 17.1. The Balaban J connectivity index is 1.84. The summed E-state index contributed by atoms with van der Waals surface area (Å²) in [5.74, 6) is 0.333. The lowest BCUT2D eigenvalue weighted by Crippen LogP contribution is -2.43. The number of ketones is 1. The summed E-state index contributed by atoms with van der Waals surface area (Å²) >= 11 is 1.59. The molecule has 0 atom stereocenters. The lowest BCUT2D eigenvalue weighted by molar-refractivity contribution is -0.127. The molecule has 1 aromatic carbocycles. The number of thiazole rings is 1. The van der Waals surface area contributed by atoms with Crippen LogP contribution in [0, 0.1) is 6.92 Å². The van der Waals surface area contributed by atoms with Crippen molar-refractivity contribution in [2.24, 2.45) is 0 Å². The summed E-state index contributed by atoms with van der Waals surface area (Å²) in [5.41, 5.74) is 1.95. The van der Waals surface area contributed by atoms with Crippen molar-refractivity contribution < 1.29 is 4.79 Å². The van der Waals surface area contributed by atoms with E-state index in [-0.39, 0.29) is 5.41 Å². The number of aromatic nitrogens is 1. The fourth-order valence-corrected chi connectivity index (χ4v) is 3.58. The maximum Gasteiger partial charge on any atom is 0.150 e. The normalized spacial score (nSPS) is 16.9. The fraction of sp³-hybridized carbons (Fsp3) is 0.375. The van der Waals surface area contributed by atoms with E-state index in [2.05, 4.69) is 17.1 Å². The van der Waals surface area contributed by atoms with Crippen LogP contribution in [0.1, 0.15) is 35.5 Å². The molecule has 0 radical (unpaired) electrons. The number of aryl methyl sites for hydroxylation is 1. The molecule has 0 saturated heterocycles. The first-order valence-corrected chi connectivity index (χ1v) is 7.58. The number of Topliss-reactive ketones (excluding diaryl/α,β-unsaturated/α-hetero) is 1. The monoisotopic (exact) mass is 271 g/mol. The first kappa shape index (κ1) is 12.5. The Labute approximate surface area is 117 Å². The van der Waals surface area contributed by atoms with Gasteiger partial charge in [0, 0.05) is 11.1 Å². The Hall–Kier alpha value is -1.48. The van der Waals surface area contributed by atoms with Gasteiger partial charge in [-0.1, -0.05) is 36.8 Å². The van der Waals surface area contributed by atoms with Gasteiger partial charge in [-0.15, -0.1) is 11.3 Å². The average molecular weight is 271 g/mol. The standard InChI is InChI=1S/C16H17NOS/c1-12-11-19-15(17-12)10-14(18)16(8-5-9-16)13-6-3-2-4-7-13/h2-4,6-7,11H,5,8-10H2,1H3. The second-order valence-corrected chi connectivity index (χ2v) is 6.23. The molecule has 1 aliphatic carbocycles. The second kappa shape index (κ2) is 4.89. The molecule has 0 amide bonds. The highest BCUT2D eigenvalue weighted by Crippen LogP contribution is 2.45. The summed E-state index contributed by atoms with van der Waals surface area (Å²) in [7, 11) is 0. The zero-order chi connectivity index (χ0) is 13.3. The molecule has 2 nitrogen and oxygen atoms in total. The van der Waals surface area contributed by atoms with Gasteiger partial charge in [0.05, 0.1) is 11.8 Å². The van der Waals surface area contributed by atoms with Crippen LogP contribution in [0.2, 0.25) is 0 Å². The molecule has 1 aliphatic rings. The third-order valence-corrected chi connectivity index (χ3v) is 5.01. The molecule has 1 aromatic heterocycles. The lowest BCUT2D eigenvalue weighted by atomic mass is 9.61. The topological polar surface area (TPSA) is 30.0 Å². The molecular formula is C16H17NOS. The maximum atomic E-state index is 12.7. The molecule has 0 spiro atoms. The van der Waals surface area contributed by atoms with E-state index in [1.54, 1.807) is 11.3 Å². The van der Waals surface area contributed by atoms with Crippen LogP contribution in [0.3, 0.4) is 0 Å². The average Bonchev–Trinajstić information content (AvgIpc) is 2.75. The van der Waals surface area contributed by atoms with Crippen molar-refractivity contribution in [1.82, 2.24) is 4.98 Å². The van der Waals surface area contributed by atoms with Gasteiger partial charge in [-0.2, -0.15) is 0 Å². The van der Waals surface area contributed by atoms with Gasteiger partial charge < -0.3 is 0 Å². The van der Waals surface area contributed by atoms with Crippen molar-refractivity contribution in [2.45, 2.75) is 38.0 Å². The van der Waals surface area contributed by atoms with Gasteiger partial charge in [0.15, 0.2) is 0 Å². The van der Waals surface area contributed by atoms with Crippen molar-refractivity contribution in [1.29, 1.82) is 0 Å². The van der Waals surface area contributed by atoms with E-state index < -0.39 is 0 Å². The van der Waals surface area contributed by atoms with Crippen LogP contribution >= 0.6 is 11.3 Å². The zero-order valence-corrected chi connectivity index (χ0v) is 11.9. The minimum absolute atomic E-state index is 0.235. The molecule has 1 fully saturated rings. The van der Waals surface area contributed by atoms with Crippen LogP contribution in [-0.4, -0.2) is 10.8 Å². The third-order valence-electron chi connectivity index (χ3n) is 4.05. The summed E-state index contributed by atoms with van der Waals surface area (Å²) < 4.78 is 0. The first-order valence-electron chi connectivity index (χ1n) is 6.70. The van der Waals surface area contributed by atoms with E-state index >= 15 is 0 Å². The number of hydrogen-bond acceptors (Lipinski definition) is 3. The molecule has 0 N–H and O–H groups in total. The highest BCUT2D eigenvalue weighted by Gasteiger charge is 2.44. The van der Waals surface area contributed by atoms with E-state index in [4.69, 9.17) is 0 Å². The summed E-state index contributed by atoms with van der Waals surface area (Å²) in [5, 5.41) is 2.96. The molecule has 2 aromatic rings. The van der Waals surface area contributed by atoms with Crippen LogP contribution in [0.5, 0.6) is 0 Å². The van der Waals surface area contributed by atoms with E-state index in [0.717, 1.165) is 30.0 Å². The van der Waals surface area contributed by atoms with Crippen LogP contribution < -0.4 is 0 Å². The van der Waals surface area contributed by atoms with E-state index in [0.29, 0.717) is 12.2 Å². The van der Waals surface area contributed by atoms with Crippen molar-refractivity contribution in [3.8, 4) is 0 Å². The molecule has 3 heteroatoms. The van der Waals surface area contributed by atoms with Gasteiger partial charge in [-0.05, 0) is 25.3 Å². The lowest BCUT2D eigenvalue weighted by Gasteiger charge is -2.40. The molecule has 0 aliphatic heterocycles. The van der Waals surface area contributed by atoms with Crippen LogP contribution in [-0.2, 0) is 16.6 Å². The highest BCUT2D eigenvalue weighted by molar-refractivity contribution is 7.09. The SMILES string of the molecule is Cc1csc(CC(=O)C2(c3ccccc3)CCC2)n1. The quantitative estimate of drug-likeness (QED) is 0.849. The molecule has 1 saturated carbocycles. The van der Waals surface area contributed by atoms with E-state index in [9.17, 15) is 4.79 Å². The van der Waals surface area contributed by atoms with Crippen LogP contribution in [0.4, 0.5) is 0 Å². The molecule has 19 heavy (non-hydrogen) atoms. The number of carbonyl (C=O) groups is 1. The van der Waals surface area contributed by atoms with Gasteiger partial charge >= 0.3 is 0 Å². The van der Waals surface area contributed by atoms with E-state index in [1.807, 2.05) is 30.5 Å². The van der Waals surface area contributed by atoms with Gasteiger partial charge in [0.25, 0.3) is 0 Å². The van der Waals surface area contributed by atoms with Crippen LogP contribution in [0.25, 0.3) is 0 Å². The largest absolute Gasteiger partial charge is 0.298 e. The predicted octanol–water partition coefficient (Wildman–Crippen LogP) is 3.69. The number of hydrogen-bond donors (Lipinski definition) is 0. The number of rotatable bonds is 4. The molecular weight excluding hydrogens is 254 g/mol. The van der Waals surface area contributed by atoms with Gasteiger partial charge in [0.1, 0.15) is 10.8 Å². The van der Waals surface area contributed by atoms with Gasteiger partial charge in [0.2, 0.25) is 0 Å². The first-order chi connectivity index (χ1) is 9.21. The second-order valence-electron chi connectivity index (χ2n) is 5.28. The van der Waals surface area contributed by atoms with Gasteiger partial charge in [-0.25, -0.2) is 4.98 Å².